The number of carbonyl (C=O) groups is 1. The van der Waals surface area contributed by atoms with Gasteiger partial charge in [-0.2, -0.15) is 0 Å². The van der Waals surface area contributed by atoms with Crippen molar-refractivity contribution < 1.29 is 9.53 Å². The second kappa shape index (κ2) is 7.62. The maximum Gasteiger partial charge on any atom is 0.249 e. The summed E-state index contributed by atoms with van der Waals surface area (Å²) in [4.78, 5) is 20.1. The summed E-state index contributed by atoms with van der Waals surface area (Å²) in [7, 11) is 0. The first-order valence-corrected chi connectivity index (χ1v) is 8.69. The molecule has 1 aliphatic carbocycles. The molecule has 1 aromatic heterocycles. The highest BCUT2D eigenvalue weighted by molar-refractivity contribution is 5.80. The number of hydrogen-bond acceptors (Lipinski definition) is 3. The first-order chi connectivity index (χ1) is 11.7. The normalized spacial score (nSPS) is 16.6. The van der Waals surface area contributed by atoms with Crippen LogP contribution in [0, 0.1) is 5.92 Å². The van der Waals surface area contributed by atoms with Crippen LogP contribution in [0.1, 0.15) is 45.0 Å². The summed E-state index contributed by atoms with van der Waals surface area (Å²) in [5, 5.41) is 3.03. The van der Waals surface area contributed by atoms with Crippen LogP contribution in [0.25, 0.3) is 11.3 Å². The summed E-state index contributed by atoms with van der Waals surface area (Å²) >= 11 is 0. The Morgan fingerprint density at radius 3 is 2.79 bits per heavy atom. The molecule has 0 aliphatic heterocycles. The van der Waals surface area contributed by atoms with Gasteiger partial charge >= 0.3 is 0 Å². The van der Waals surface area contributed by atoms with E-state index < -0.39 is 6.10 Å². The zero-order valence-corrected chi connectivity index (χ0v) is 14.3. The minimum atomic E-state index is -0.428. The maximum absolute atomic E-state index is 12.3. The van der Waals surface area contributed by atoms with Gasteiger partial charge in [0.2, 0.25) is 5.91 Å². The van der Waals surface area contributed by atoms with E-state index in [2.05, 4.69) is 15.3 Å². The van der Waals surface area contributed by atoms with Crippen LogP contribution < -0.4 is 5.32 Å². The van der Waals surface area contributed by atoms with Gasteiger partial charge in [0.1, 0.15) is 11.9 Å². The molecule has 2 aromatic rings. The predicted molar refractivity (Wildman–Crippen MR) is 93.3 cm³/mol. The van der Waals surface area contributed by atoms with Crippen molar-refractivity contribution in [3.05, 3.63) is 42.4 Å². The molecule has 0 radical (unpaired) electrons. The fourth-order valence-corrected chi connectivity index (χ4v) is 2.57. The van der Waals surface area contributed by atoms with Crippen molar-refractivity contribution in [2.75, 3.05) is 6.61 Å². The molecule has 2 atom stereocenters. The highest BCUT2D eigenvalue weighted by Gasteiger charge is 2.25. The van der Waals surface area contributed by atoms with E-state index >= 15 is 0 Å². The topological polar surface area (TPSA) is 67.0 Å². The SMILES string of the molecule is CCC(NC(=O)C(C)OCC1CC1)c1ncc(-c2ccccc2)[nH]1. The zero-order valence-electron chi connectivity index (χ0n) is 14.3. The first kappa shape index (κ1) is 16.7. The Morgan fingerprint density at radius 1 is 1.38 bits per heavy atom. The molecule has 0 bridgehead atoms. The van der Waals surface area contributed by atoms with Crippen molar-refractivity contribution in [2.45, 2.75) is 45.3 Å². The number of imidazole rings is 1. The molecule has 5 nitrogen and oxygen atoms in total. The van der Waals surface area contributed by atoms with Crippen LogP contribution in [0.2, 0.25) is 0 Å². The Labute approximate surface area is 142 Å². The number of benzene rings is 1. The van der Waals surface area contributed by atoms with Crippen molar-refractivity contribution >= 4 is 5.91 Å². The van der Waals surface area contributed by atoms with Crippen molar-refractivity contribution in [2.24, 2.45) is 5.92 Å². The highest BCUT2D eigenvalue weighted by Crippen LogP contribution is 2.29. The van der Waals surface area contributed by atoms with Gasteiger partial charge in [-0.1, -0.05) is 37.3 Å². The highest BCUT2D eigenvalue weighted by atomic mass is 16.5. The summed E-state index contributed by atoms with van der Waals surface area (Å²) in [6, 6.07) is 9.90. The number of amides is 1. The number of carbonyl (C=O) groups excluding carboxylic acids is 1. The lowest BCUT2D eigenvalue weighted by Crippen LogP contribution is -2.37. The van der Waals surface area contributed by atoms with Crippen molar-refractivity contribution in [1.82, 2.24) is 15.3 Å². The summed E-state index contributed by atoms with van der Waals surface area (Å²) in [5.41, 5.74) is 2.04. The molecule has 1 fully saturated rings. The molecule has 1 aliphatic rings. The van der Waals surface area contributed by atoms with E-state index in [-0.39, 0.29) is 11.9 Å². The monoisotopic (exact) mass is 327 g/mol. The lowest BCUT2D eigenvalue weighted by atomic mass is 10.2. The maximum atomic E-state index is 12.3. The van der Waals surface area contributed by atoms with E-state index in [1.54, 1.807) is 0 Å². The summed E-state index contributed by atoms with van der Waals surface area (Å²) < 4.78 is 5.64. The number of rotatable bonds is 8. The second-order valence-corrected chi connectivity index (χ2v) is 6.44. The summed E-state index contributed by atoms with van der Waals surface area (Å²) in [6.07, 6.45) is 4.60. The van der Waals surface area contributed by atoms with Crippen LogP contribution in [0.5, 0.6) is 0 Å². The van der Waals surface area contributed by atoms with E-state index in [0.29, 0.717) is 12.5 Å². The van der Waals surface area contributed by atoms with Crippen molar-refractivity contribution in [3.8, 4) is 11.3 Å². The molecule has 128 valence electrons. The summed E-state index contributed by atoms with van der Waals surface area (Å²) in [5.74, 6) is 1.35. The van der Waals surface area contributed by atoms with E-state index in [9.17, 15) is 4.79 Å². The Balaban J connectivity index is 1.61. The van der Waals surface area contributed by atoms with Gasteiger partial charge in [-0.15, -0.1) is 0 Å². The van der Waals surface area contributed by atoms with Gasteiger partial charge in [0, 0.05) is 0 Å². The number of aromatic amines is 1. The smallest absolute Gasteiger partial charge is 0.249 e. The number of hydrogen-bond donors (Lipinski definition) is 2. The average Bonchev–Trinajstić information content (AvgIpc) is 3.32. The second-order valence-electron chi connectivity index (χ2n) is 6.44. The van der Waals surface area contributed by atoms with Crippen molar-refractivity contribution in [1.29, 1.82) is 0 Å². The molecular formula is C19H25N3O2. The number of ether oxygens (including phenoxy) is 1. The van der Waals surface area contributed by atoms with E-state index in [0.717, 1.165) is 23.5 Å². The van der Waals surface area contributed by atoms with Crippen LogP contribution in [-0.4, -0.2) is 28.6 Å². The number of H-pyrrole nitrogens is 1. The van der Waals surface area contributed by atoms with Crippen LogP contribution in [0.15, 0.2) is 36.5 Å². The van der Waals surface area contributed by atoms with E-state index in [1.165, 1.54) is 12.8 Å². The lowest BCUT2D eigenvalue weighted by molar-refractivity contribution is -0.132. The Kier molecular flexibility index (Phi) is 5.30. The fraction of sp³-hybridized carbons (Fsp3) is 0.474. The molecule has 1 heterocycles. The molecule has 1 aromatic carbocycles. The van der Waals surface area contributed by atoms with Gasteiger partial charge < -0.3 is 15.0 Å². The zero-order chi connectivity index (χ0) is 16.9. The average molecular weight is 327 g/mol. The van der Waals surface area contributed by atoms with Gasteiger partial charge in [-0.05, 0) is 37.7 Å². The van der Waals surface area contributed by atoms with E-state index in [4.69, 9.17) is 4.74 Å². The van der Waals surface area contributed by atoms with Gasteiger partial charge in [-0.25, -0.2) is 4.98 Å². The molecule has 0 spiro atoms. The number of aromatic nitrogens is 2. The van der Waals surface area contributed by atoms with Crippen LogP contribution in [0.4, 0.5) is 0 Å². The Hall–Kier alpha value is -2.14. The molecule has 24 heavy (non-hydrogen) atoms. The molecule has 3 rings (SSSR count). The Bertz CT molecular complexity index is 664. The largest absolute Gasteiger partial charge is 0.368 e. The molecule has 1 saturated carbocycles. The van der Waals surface area contributed by atoms with Gasteiger partial charge in [0.15, 0.2) is 0 Å². The van der Waals surface area contributed by atoms with Gasteiger partial charge in [-0.3, -0.25) is 4.79 Å². The third-order valence-electron chi connectivity index (χ3n) is 4.38. The molecule has 2 unspecified atom stereocenters. The molecule has 0 saturated heterocycles. The van der Waals surface area contributed by atoms with Gasteiger partial charge in [0.25, 0.3) is 0 Å². The standard InChI is InChI=1S/C19H25N3O2/c1-3-16(22-19(23)13(2)24-12-14-9-10-14)18-20-11-17(21-18)15-7-5-4-6-8-15/h4-8,11,13-14,16H,3,9-10,12H2,1-2H3,(H,20,21)(H,22,23). The van der Waals surface area contributed by atoms with E-state index in [1.807, 2.05) is 50.4 Å². The molecule has 2 N–H and O–H groups in total. The van der Waals surface area contributed by atoms with Crippen LogP contribution in [-0.2, 0) is 9.53 Å². The molecule has 1 amide bonds. The number of nitrogens with zero attached hydrogens (tertiary/aromatic N) is 1. The third kappa shape index (κ3) is 4.23. The quantitative estimate of drug-likeness (QED) is 0.780. The van der Waals surface area contributed by atoms with Gasteiger partial charge in [0.05, 0.1) is 24.5 Å². The molecular weight excluding hydrogens is 302 g/mol. The van der Waals surface area contributed by atoms with Crippen molar-refractivity contribution in [3.63, 3.8) is 0 Å². The first-order valence-electron chi connectivity index (χ1n) is 8.69. The lowest BCUT2D eigenvalue weighted by Gasteiger charge is -2.18. The minimum absolute atomic E-state index is 0.0832. The predicted octanol–water partition coefficient (Wildman–Crippen LogP) is 3.46. The Morgan fingerprint density at radius 2 is 2.12 bits per heavy atom. The molecule has 5 heteroatoms. The number of nitrogens with one attached hydrogen (secondary N) is 2. The van der Waals surface area contributed by atoms with Crippen LogP contribution >= 0.6 is 0 Å². The summed E-state index contributed by atoms with van der Waals surface area (Å²) in [6.45, 7) is 4.53. The third-order valence-corrected chi connectivity index (χ3v) is 4.38. The van der Waals surface area contributed by atoms with Crippen LogP contribution in [0.3, 0.4) is 0 Å². The fourth-order valence-electron chi connectivity index (χ4n) is 2.57. The minimum Gasteiger partial charge on any atom is -0.368 e.